The minimum Gasteiger partial charge on any atom is -0.487 e. The number of benzene rings is 2. The van der Waals surface area contributed by atoms with Crippen LogP contribution in [-0.4, -0.2) is 11.0 Å². The number of aromatic amines is 1. The van der Waals surface area contributed by atoms with Gasteiger partial charge in [-0.05, 0) is 30.0 Å². The molecule has 1 atom stereocenters. The van der Waals surface area contributed by atoms with Crippen LogP contribution in [0, 0.1) is 0 Å². The molecule has 0 aliphatic carbocycles. The lowest BCUT2D eigenvalue weighted by Gasteiger charge is -2.09. The van der Waals surface area contributed by atoms with Gasteiger partial charge in [-0.25, -0.2) is 0 Å². The van der Waals surface area contributed by atoms with Crippen molar-refractivity contribution in [2.24, 2.45) is 5.73 Å². The summed E-state index contributed by atoms with van der Waals surface area (Å²) < 4.78 is 5.99. The summed E-state index contributed by atoms with van der Waals surface area (Å²) in [4.78, 5) is 3.34. The Bertz CT molecular complexity index is 734. The highest BCUT2D eigenvalue weighted by molar-refractivity contribution is 5.88. The van der Waals surface area contributed by atoms with Crippen LogP contribution in [0.25, 0.3) is 10.9 Å². The van der Waals surface area contributed by atoms with Gasteiger partial charge in [-0.3, -0.25) is 0 Å². The maximum atomic E-state index is 6.08. The molecule has 3 nitrogen and oxygen atoms in total. The number of nitrogens with one attached hydrogen (secondary N) is 1. The van der Waals surface area contributed by atoms with Gasteiger partial charge in [0.05, 0.1) is 5.52 Å². The van der Waals surface area contributed by atoms with Gasteiger partial charge < -0.3 is 15.5 Å². The summed E-state index contributed by atoms with van der Waals surface area (Å²) in [5.41, 5.74) is 9.56. The van der Waals surface area contributed by atoms with Gasteiger partial charge in [0.25, 0.3) is 0 Å². The Morgan fingerprint density at radius 3 is 2.68 bits per heavy atom. The normalized spacial score (nSPS) is 12.5. The topological polar surface area (TPSA) is 51.0 Å². The first-order valence-electron chi connectivity index (χ1n) is 7.79. The second-order valence-corrected chi connectivity index (χ2v) is 5.64. The molecular weight excluding hydrogens is 272 g/mol. The third-order valence-corrected chi connectivity index (χ3v) is 4.01. The van der Waals surface area contributed by atoms with Crippen LogP contribution in [0.2, 0.25) is 0 Å². The Labute approximate surface area is 131 Å². The standard InChI is InChI=1S/C19H22N2O/c1-2-16(20)11-15-12-21-19-17(15)9-6-10-18(19)22-13-14-7-4-3-5-8-14/h3-10,12,16,21H,2,11,13,20H2,1H3/t16-/m0/s1. The van der Waals surface area contributed by atoms with Gasteiger partial charge in [-0.1, -0.05) is 49.4 Å². The van der Waals surface area contributed by atoms with E-state index in [4.69, 9.17) is 10.5 Å². The molecule has 2 aromatic carbocycles. The molecule has 0 unspecified atom stereocenters. The molecule has 0 saturated heterocycles. The van der Waals surface area contributed by atoms with E-state index in [9.17, 15) is 0 Å². The maximum Gasteiger partial charge on any atom is 0.143 e. The summed E-state index contributed by atoms with van der Waals surface area (Å²) in [6.45, 7) is 2.69. The van der Waals surface area contributed by atoms with Gasteiger partial charge in [-0.15, -0.1) is 0 Å². The van der Waals surface area contributed by atoms with Crippen LogP contribution in [0.1, 0.15) is 24.5 Å². The molecule has 0 aliphatic heterocycles. The second-order valence-electron chi connectivity index (χ2n) is 5.64. The van der Waals surface area contributed by atoms with Crippen molar-refractivity contribution in [1.82, 2.24) is 4.98 Å². The van der Waals surface area contributed by atoms with E-state index in [1.807, 2.05) is 30.3 Å². The highest BCUT2D eigenvalue weighted by Crippen LogP contribution is 2.28. The van der Waals surface area contributed by atoms with Gasteiger partial charge in [0.15, 0.2) is 0 Å². The third-order valence-electron chi connectivity index (χ3n) is 4.01. The number of hydrogen-bond acceptors (Lipinski definition) is 2. The van der Waals surface area contributed by atoms with E-state index in [0.717, 1.165) is 24.1 Å². The largest absolute Gasteiger partial charge is 0.487 e. The molecule has 0 aliphatic rings. The van der Waals surface area contributed by atoms with Crippen molar-refractivity contribution in [3.8, 4) is 5.75 Å². The Morgan fingerprint density at radius 2 is 1.91 bits per heavy atom. The summed E-state index contributed by atoms with van der Waals surface area (Å²) in [5, 5.41) is 1.20. The highest BCUT2D eigenvalue weighted by atomic mass is 16.5. The predicted molar refractivity (Wildman–Crippen MR) is 91.0 cm³/mol. The van der Waals surface area contributed by atoms with Gasteiger partial charge >= 0.3 is 0 Å². The number of rotatable bonds is 6. The number of para-hydroxylation sites is 1. The van der Waals surface area contributed by atoms with Crippen LogP contribution in [0.5, 0.6) is 5.75 Å². The molecule has 1 aromatic heterocycles. The number of fused-ring (bicyclic) bond motifs is 1. The smallest absolute Gasteiger partial charge is 0.143 e. The van der Waals surface area contributed by atoms with Gasteiger partial charge in [0.2, 0.25) is 0 Å². The van der Waals surface area contributed by atoms with Crippen LogP contribution in [0.3, 0.4) is 0 Å². The minimum atomic E-state index is 0.202. The fourth-order valence-electron chi connectivity index (χ4n) is 2.64. The van der Waals surface area contributed by atoms with Crippen molar-refractivity contribution >= 4 is 10.9 Å². The molecule has 114 valence electrons. The van der Waals surface area contributed by atoms with E-state index in [-0.39, 0.29) is 6.04 Å². The van der Waals surface area contributed by atoms with Gasteiger partial charge in [0.1, 0.15) is 12.4 Å². The monoisotopic (exact) mass is 294 g/mol. The summed E-state index contributed by atoms with van der Waals surface area (Å²) in [6.07, 6.45) is 3.92. The van der Waals surface area contributed by atoms with Crippen molar-refractivity contribution in [2.45, 2.75) is 32.4 Å². The number of hydrogen-bond donors (Lipinski definition) is 2. The van der Waals surface area contributed by atoms with Crippen LogP contribution < -0.4 is 10.5 Å². The molecule has 0 radical (unpaired) electrons. The van der Waals surface area contributed by atoms with Gasteiger partial charge in [0, 0.05) is 17.6 Å². The molecule has 0 bridgehead atoms. The molecule has 22 heavy (non-hydrogen) atoms. The Morgan fingerprint density at radius 1 is 1.09 bits per heavy atom. The molecule has 0 saturated carbocycles. The molecular formula is C19H22N2O. The summed E-state index contributed by atoms with van der Waals surface area (Å²) in [6, 6.07) is 16.6. The quantitative estimate of drug-likeness (QED) is 0.721. The van der Waals surface area contributed by atoms with Crippen molar-refractivity contribution < 1.29 is 4.74 Å². The number of ether oxygens (including phenoxy) is 1. The minimum absolute atomic E-state index is 0.202. The zero-order chi connectivity index (χ0) is 15.4. The van der Waals surface area contributed by atoms with Crippen LogP contribution in [0.15, 0.2) is 54.7 Å². The lowest BCUT2D eigenvalue weighted by Crippen LogP contribution is -2.21. The van der Waals surface area contributed by atoms with E-state index >= 15 is 0 Å². The summed E-state index contributed by atoms with van der Waals surface area (Å²) in [5.74, 6) is 0.887. The fourth-order valence-corrected chi connectivity index (χ4v) is 2.64. The first kappa shape index (κ1) is 14.7. The first-order valence-corrected chi connectivity index (χ1v) is 7.79. The third kappa shape index (κ3) is 3.15. The van der Waals surface area contributed by atoms with E-state index in [1.165, 1.54) is 16.5 Å². The molecule has 3 heteroatoms. The second kappa shape index (κ2) is 6.67. The Balaban J connectivity index is 1.82. The average Bonchev–Trinajstić information content (AvgIpc) is 2.97. The van der Waals surface area contributed by atoms with Crippen LogP contribution in [-0.2, 0) is 13.0 Å². The molecule has 3 aromatic rings. The maximum absolute atomic E-state index is 6.08. The molecule has 0 amide bonds. The van der Waals surface area contributed by atoms with Crippen molar-refractivity contribution in [1.29, 1.82) is 0 Å². The number of aromatic nitrogens is 1. The average molecular weight is 294 g/mol. The molecule has 3 N–H and O–H groups in total. The Hall–Kier alpha value is -2.26. The Kier molecular flexibility index (Phi) is 4.45. The zero-order valence-electron chi connectivity index (χ0n) is 12.9. The van der Waals surface area contributed by atoms with E-state index < -0.39 is 0 Å². The molecule has 0 spiro atoms. The SMILES string of the molecule is CC[C@H](N)Cc1c[nH]c2c(OCc3ccccc3)cccc12. The molecule has 1 heterocycles. The number of H-pyrrole nitrogens is 1. The first-order chi connectivity index (χ1) is 10.8. The number of nitrogens with two attached hydrogens (primary N) is 1. The van der Waals surface area contributed by atoms with Crippen molar-refractivity contribution in [3.63, 3.8) is 0 Å². The van der Waals surface area contributed by atoms with Crippen molar-refractivity contribution in [2.75, 3.05) is 0 Å². The molecule has 3 rings (SSSR count). The van der Waals surface area contributed by atoms with E-state index in [0.29, 0.717) is 6.61 Å². The zero-order valence-corrected chi connectivity index (χ0v) is 12.9. The predicted octanol–water partition coefficient (Wildman–Crippen LogP) is 4.03. The van der Waals surface area contributed by atoms with Crippen LogP contribution >= 0.6 is 0 Å². The summed E-state index contributed by atoms with van der Waals surface area (Å²) in [7, 11) is 0. The highest BCUT2D eigenvalue weighted by Gasteiger charge is 2.10. The van der Waals surface area contributed by atoms with Crippen molar-refractivity contribution in [3.05, 3.63) is 65.9 Å². The fraction of sp³-hybridized carbons (Fsp3) is 0.263. The summed E-state index contributed by atoms with van der Waals surface area (Å²) >= 11 is 0. The molecule has 0 fully saturated rings. The van der Waals surface area contributed by atoms with E-state index in [1.54, 1.807) is 0 Å². The van der Waals surface area contributed by atoms with Gasteiger partial charge in [-0.2, -0.15) is 0 Å². The lowest BCUT2D eigenvalue weighted by molar-refractivity contribution is 0.309. The lowest BCUT2D eigenvalue weighted by atomic mass is 10.0. The van der Waals surface area contributed by atoms with E-state index in [2.05, 4.69) is 36.3 Å². The van der Waals surface area contributed by atoms with Crippen LogP contribution in [0.4, 0.5) is 0 Å².